The summed E-state index contributed by atoms with van der Waals surface area (Å²) in [6.07, 6.45) is 0.917. The van der Waals surface area contributed by atoms with Crippen LogP contribution in [-0.4, -0.2) is 30.6 Å². The highest BCUT2D eigenvalue weighted by atomic mass is 13.2. The van der Waals surface area contributed by atoms with Gasteiger partial charge in [-0.05, 0) is 0 Å². The van der Waals surface area contributed by atoms with Crippen molar-refractivity contribution in [3.05, 3.63) is 0 Å². The summed E-state index contributed by atoms with van der Waals surface area (Å²) in [6, 6.07) is 0. The van der Waals surface area contributed by atoms with Crippen LogP contribution in [0.25, 0.3) is 0 Å². The first kappa shape index (κ1) is 9.54. The highest BCUT2D eigenvalue weighted by Crippen LogP contribution is 1.64. The van der Waals surface area contributed by atoms with Crippen molar-refractivity contribution in [3.8, 4) is 0 Å². The third kappa shape index (κ3) is 8.86. The topological polar surface area (TPSA) is 0 Å². The molecule has 0 saturated heterocycles. The van der Waals surface area contributed by atoms with Crippen molar-refractivity contribution in [3.63, 3.8) is 0 Å². The molecule has 0 nitrogen and oxygen atoms in total. The van der Waals surface area contributed by atoms with Gasteiger partial charge in [-0.2, -0.15) is 0 Å². The van der Waals surface area contributed by atoms with E-state index in [0.29, 0.717) is 0 Å². The van der Waals surface area contributed by atoms with E-state index < -0.39 is 0 Å². The molecule has 0 spiro atoms. The maximum Gasteiger partial charge on any atom is 0.0958 e. The zero-order valence-electron chi connectivity index (χ0n) is 4.02. The van der Waals surface area contributed by atoms with Gasteiger partial charge in [0, 0.05) is 23.3 Å². The van der Waals surface area contributed by atoms with Crippen LogP contribution in [0.5, 0.6) is 0 Å². The second-order valence-corrected chi connectivity index (χ2v) is 0.880. The molecule has 6 heavy (non-hydrogen) atoms. The van der Waals surface area contributed by atoms with E-state index in [4.69, 9.17) is 7.74 Å². The molecule has 0 N–H and O–H groups in total. The molecule has 7 radical (unpaired) electrons. The summed E-state index contributed by atoms with van der Waals surface area (Å²) in [5.41, 5.74) is 0. The van der Waals surface area contributed by atoms with Gasteiger partial charge in [0.25, 0.3) is 0 Å². The highest BCUT2D eigenvalue weighted by molar-refractivity contribution is 6.93. The maximum atomic E-state index is 4.98. The van der Waals surface area contributed by atoms with Crippen molar-refractivity contribution in [1.82, 2.24) is 0 Å². The van der Waals surface area contributed by atoms with Crippen molar-refractivity contribution in [1.29, 1.82) is 0 Å². The Labute approximate surface area is 44.5 Å². The van der Waals surface area contributed by atoms with Gasteiger partial charge in [-0.3, -0.25) is 0 Å². The van der Waals surface area contributed by atoms with Gasteiger partial charge in [-0.15, -0.1) is 6.22 Å². The van der Waals surface area contributed by atoms with Gasteiger partial charge < -0.3 is 0 Å². The summed E-state index contributed by atoms with van der Waals surface area (Å²) in [6.45, 7) is 1.98. The third-order valence-electron chi connectivity index (χ3n) is 0.372. The summed E-state index contributed by atoms with van der Waals surface area (Å²) in [4.78, 5) is 0. The molecule has 0 saturated carbocycles. The first-order chi connectivity index (χ1) is 2.41. The molecule has 0 unspecified atom stereocenters. The van der Waals surface area contributed by atoms with Gasteiger partial charge in [0.05, 0.1) is 7.28 Å². The fourth-order valence-corrected chi connectivity index (χ4v) is 0.136. The lowest BCUT2D eigenvalue weighted by Gasteiger charge is -1.74. The van der Waals surface area contributed by atoms with E-state index in [1.54, 1.807) is 7.17 Å². The van der Waals surface area contributed by atoms with Gasteiger partial charge in [0.2, 0.25) is 0 Å². The van der Waals surface area contributed by atoms with Gasteiger partial charge in [0.15, 0.2) is 0 Å². The minimum absolute atomic E-state index is 0. The monoisotopic (exact) mass is 73.1 g/mol. The van der Waals surface area contributed by atoms with Crippen LogP contribution in [0.4, 0.5) is 0 Å². The Morgan fingerprint density at radius 1 is 1.67 bits per heavy atom. The van der Waals surface area contributed by atoms with Crippen LogP contribution < -0.4 is 0 Å². The summed E-state index contributed by atoms with van der Waals surface area (Å²) < 4.78 is 0. The lowest BCUT2D eigenvalue weighted by Crippen LogP contribution is -1.90. The fourth-order valence-electron chi connectivity index (χ4n) is 0.136. The molecular formula is C2H5B4. The van der Waals surface area contributed by atoms with Gasteiger partial charge in [0.1, 0.15) is 0 Å². The zero-order chi connectivity index (χ0) is 4.12. The SMILES string of the molecule is [B].[B][B]C[B]C. The van der Waals surface area contributed by atoms with Crippen LogP contribution in [0.15, 0.2) is 0 Å². The number of hydrogen-bond donors (Lipinski definition) is 0. The van der Waals surface area contributed by atoms with Crippen LogP contribution >= 0.6 is 0 Å². The minimum Gasteiger partial charge on any atom is -0.115 e. The predicted molar refractivity (Wildman–Crippen MR) is 33.7 cm³/mol. The molecule has 0 aromatic heterocycles. The van der Waals surface area contributed by atoms with Gasteiger partial charge in [-0.1, -0.05) is 6.82 Å². The Bertz CT molecular complexity index is 13.0. The Kier molecular flexibility index (Phi) is 14.3. The molecule has 0 aromatic rings. The quantitative estimate of drug-likeness (QED) is 0.387. The third-order valence-corrected chi connectivity index (χ3v) is 0.372. The molecule has 4 heteroatoms. The Morgan fingerprint density at radius 2 is 2.17 bits per heavy atom. The minimum atomic E-state index is 0. The molecule has 25 valence electrons. The molecule has 0 aliphatic heterocycles. The summed E-state index contributed by atoms with van der Waals surface area (Å²) in [5.74, 6) is 0. The smallest absolute Gasteiger partial charge is 0.0958 e. The second-order valence-electron chi connectivity index (χ2n) is 0.880. The van der Waals surface area contributed by atoms with Gasteiger partial charge >= 0.3 is 0 Å². The molecule has 0 atom stereocenters. The normalized spacial score (nSPS) is 5.50. The number of rotatable bonds is 2. The average Bonchev–Trinajstić information content (AvgIpc) is 1.41. The molecule has 0 aromatic carbocycles. The highest BCUT2D eigenvalue weighted by Gasteiger charge is 1.73. The molecular weight excluding hydrogens is 67.3 g/mol. The van der Waals surface area contributed by atoms with E-state index in [1.807, 2.05) is 14.1 Å². The zero-order valence-corrected chi connectivity index (χ0v) is 4.02. The van der Waals surface area contributed by atoms with Gasteiger partial charge in [-0.25, -0.2) is 0 Å². The Balaban J connectivity index is 0. The molecule has 0 aliphatic carbocycles. The van der Waals surface area contributed by atoms with E-state index in [2.05, 4.69) is 0 Å². The fraction of sp³-hybridized carbons (Fsp3) is 1.00. The molecule has 0 aliphatic rings. The summed E-state index contributed by atoms with van der Waals surface area (Å²) >= 11 is 0. The first-order valence-corrected chi connectivity index (χ1v) is 1.73. The summed E-state index contributed by atoms with van der Waals surface area (Å²) in [7, 11) is 8.61. The van der Waals surface area contributed by atoms with Crippen molar-refractivity contribution < 1.29 is 0 Å². The van der Waals surface area contributed by atoms with Crippen LogP contribution in [-0.2, 0) is 0 Å². The van der Waals surface area contributed by atoms with E-state index in [1.165, 1.54) is 0 Å². The predicted octanol–water partition coefficient (Wildman–Crippen LogP) is -0.479. The van der Waals surface area contributed by atoms with Crippen LogP contribution in [0.1, 0.15) is 0 Å². The Morgan fingerprint density at radius 3 is 2.17 bits per heavy atom. The van der Waals surface area contributed by atoms with Crippen molar-refractivity contribution in [2.24, 2.45) is 0 Å². The molecule has 0 bridgehead atoms. The van der Waals surface area contributed by atoms with Crippen molar-refractivity contribution >= 4 is 30.6 Å². The maximum absolute atomic E-state index is 4.98. The molecule has 0 rings (SSSR count). The lowest BCUT2D eigenvalue weighted by molar-refractivity contribution is 1.98. The second kappa shape index (κ2) is 8.98. The molecule has 0 amide bonds. The Hall–Kier alpha value is 0.260. The van der Waals surface area contributed by atoms with E-state index in [9.17, 15) is 0 Å². The van der Waals surface area contributed by atoms with Crippen LogP contribution in [0.2, 0.25) is 13.0 Å². The standard InChI is InChI=1S/C2H5B3.B/c1-4-2-5-3;/h2H2,1H3;. The number of hydrogen-bond acceptors (Lipinski definition) is 0. The first-order valence-electron chi connectivity index (χ1n) is 1.73. The molecule has 0 heterocycles. The van der Waals surface area contributed by atoms with E-state index in [-0.39, 0.29) is 8.41 Å². The lowest BCUT2D eigenvalue weighted by atomic mass is 9.44. The van der Waals surface area contributed by atoms with Crippen LogP contribution in [0.3, 0.4) is 0 Å². The van der Waals surface area contributed by atoms with Crippen molar-refractivity contribution in [2.75, 3.05) is 0 Å². The van der Waals surface area contributed by atoms with Crippen molar-refractivity contribution in [2.45, 2.75) is 13.0 Å². The molecule has 0 fully saturated rings. The van der Waals surface area contributed by atoms with E-state index >= 15 is 0 Å². The average molecular weight is 72.3 g/mol. The largest absolute Gasteiger partial charge is 0.115 e. The summed E-state index contributed by atoms with van der Waals surface area (Å²) in [5, 5.41) is 0. The van der Waals surface area contributed by atoms with Crippen LogP contribution in [0, 0.1) is 0 Å². The van der Waals surface area contributed by atoms with E-state index in [0.717, 1.165) is 6.22 Å².